The van der Waals surface area contributed by atoms with Crippen LogP contribution >= 0.6 is 0 Å². The van der Waals surface area contributed by atoms with Crippen LogP contribution in [0.5, 0.6) is 0 Å². The van der Waals surface area contributed by atoms with Gasteiger partial charge >= 0.3 is 0 Å². The molecule has 1 unspecified atom stereocenters. The van der Waals surface area contributed by atoms with Gasteiger partial charge in [-0.15, -0.1) is 0 Å². The summed E-state index contributed by atoms with van der Waals surface area (Å²) in [7, 11) is 0. The molecule has 0 saturated heterocycles. The molecule has 1 heterocycles. The third-order valence-corrected chi connectivity index (χ3v) is 2.79. The van der Waals surface area contributed by atoms with Crippen molar-refractivity contribution in [3.63, 3.8) is 0 Å². The maximum Gasteiger partial charge on any atom is 0.115 e. The number of aliphatic hydroxyl groups excluding tert-OH is 1. The Bertz CT molecular complexity index is 471. The van der Waals surface area contributed by atoms with Crippen LogP contribution in [0.1, 0.15) is 22.9 Å². The normalized spacial score (nSPS) is 12.4. The fraction of sp³-hybridized carbons (Fsp3) is 0.286. The highest BCUT2D eigenvalue weighted by molar-refractivity contribution is 5.20. The molecule has 0 bridgehead atoms. The first kappa shape index (κ1) is 11.7. The molecule has 0 amide bonds. The molecule has 1 atom stereocenters. The molecule has 17 heavy (non-hydrogen) atoms. The smallest absolute Gasteiger partial charge is 0.115 e. The van der Waals surface area contributed by atoms with E-state index >= 15 is 0 Å². The van der Waals surface area contributed by atoms with Crippen LogP contribution in [0.25, 0.3) is 0 Å². The summed E-state index contributed by atoms with van der Waals surface area (Å²) in [6.07, 6.45) is 2.35. The van der Waals surface area contributed by atoms with E-state index in [-0.39, 0.29) is 12.5 Å². The number of benzene rings is 1. The highest BCUT2D eigenvalue weighted by Crippen LogP contribution is 2.18. The Morgan fingerprint density at radius 1 is 1.18 bits per heavy atom. The van der Waals surface area contributed by atoms with Crippen molar-refractivity contribution >= 4 is 0 Å². The van der Waals surface area contributed by atoms with Gasteiger partial charge in [-0.05, 0) is 25.0 Å². The predicted octanol–water partition coefficient (Wildman–Crippen LogP) is 2.10. The number of hydrogen-bond donors (Lipinski definition) is 1. The van der Waals surface area contributed by atoms with E-state index in [2.05, 4.69) is 22.1 Å². The number of nitrogens with zero attached hydrogens (tertiary/aromatic N) is 2. The van der Waals surface area contributed by atoms with Crippen molar-refractivity contribution < 1.29 is 5.11 Å². The zero-order valence-electron chi connectivity index (χ0n) is 9.87. The van der Waals surface area contributed by atoms with E-state index in [0.717, 1.165) is 17.8 Å². The Morgan fingerprint density at radius 3 is 2.59 bits per heavy atom. The Balaban J connectivity index is 2.17. The molecular formula is C14H16N2O. The molecule has 3 heteroatoms. The van der Waals surface area contributed by atoms with Gasteiger partial charge in [0.05, 0.1) is 6.61 Å². The third kappa shape index (κ3) is 3.11. The lowest BCUT2D eigenvalue weighted by molar-refractivity contribution is 0.262. The van der Waals surface area contributed by atoms with Crippen molar-refractivity contribution in [2.24, 2.45) is 0 Å². The summed E-state index contributed by atoms with van der Waals surface area (Å²) >= 11 is 0. The van der Waals surface area contributed by atoms with E-state index in [0.29, 0.717) is 0 Å². The molecule has 0 radical (unpaired) electrons. The standard InChI is InChI=1S/C14H16N2O/c1-11-7-14(16-10-15-11)13(9-17)8-12-5-3-2-4-6-12/h2-7,10,13,17H,8-9H2,1H3. The molecule has 2 rings (SSSR count). The van der Waals surface area contributed by atoms with Crippen molar-refractivity contribution in [3.05, 3.63) is 59.7 Å². The Labute approximate surface area is 101 Å². The summed E-state index contributed by atoms with van der Waals surface area (Å²) in [5.41, 5.74) is 3.05. The molecule has 0 aliphatic rings. The highest BCUT2D eigenvalue weighted by atomic mass is 16.3. The predicted molar refractivity (Wildman–Crippen MR) is 66.7 cm³/mol. The van der Waals surface area contributed by atoms with E-state index in [9.17, 15) is 5.11 Å². The lowest BCUT2D eigenvalue weighted by atomic mass is 9.96. The van der Waals surface area contributed by atoms with E-state index < -0.39 is 0 Å². The second kappa shape index (κ2) is 5.55. The second-order valence-electron chi connectivity index (χ2n) is 4.15. The molecule has 0 spiro atoms. The number of aliphatic hydroxyl groups is 1. The molecule has 1 aromatic carbocycles. The SMILES string of the molecule is Cc1cc(C(CO)Cc2ccccc2)ncn1. The largest absolute Gasteiger partial charge is 0.396 e. The average Bonchev–Trinajstić information content (AvgIpc) is 2.37. The van der Waals surface area contributed by atoms with Crippen molar-refractivity contribution in [1.82, 2.24) is 9.97 Å². The third-order valence-electron chi connectivity index (χ3n) is 2.79. The van der Waals surface area contributed by atoms with Crippen molar-refractivity contribution in [3.8, 4) is 0 Å². The summed E-state index contributed by atoms with van der Waals surface area (Å²) in [6.45, 7) is 2.04. The van der Waals surface area contributed by atoms with Gasteiger partial charge in [-0.3, -0.25) is 0 Å². The van der Waals surface area contributed by atoms with Gasteiger partial charge in [-0.1, -0.05) is 30.3 Å². The summed E-state index contributed by atoms with van der Waals surface area (Å²) < 4.78 is 0. The Hall–Kier alpha value is -1.74. The lowest BCUT2D eigenvalue weighted by Gasteiger charge is -2.13. The zero-order chi connectivity index (χ0) is 12.1. The van der Waals surface area contributed by atoms with Gasteiger partial charge in [0, 0.05) is 17.3 Å². The minimum Gasteiger partial charge on any atom is -0.396 e. The van der Waals surface area contributed by atoms with Gasteiger partial charge in [0.1, 0.15) is 6.33 Å². The Morgan fingerprint density at radius 2 is 1.94 bits per heavy atom. The molecule has 3 nitrogen and oxygen atoms in total. The van der Waals surface area contributed by atoms with Crippen molar-refractivity contribution in [1.29, 1.82) is 0 Å². The maximum absolute atomic E-state index is 9.47. The van der Waals surface area contributed by atoms with Gasteiger partial charge in [0.25, 0.3) is 0 Å². The fourth-order valence-corrected chi connectivity index (χ4v) is 1.86. The van der Waals surface area contributed by atoms with E-state index in [1.54, 1.807) is 6.33 Å². The molecule has 88 valence electrons. The first-order valence-corrected chi connectivity index (χ1v) is 5.73. The minimum atomic E-state index is 0.0408. The molecule has 0 fully saturated rings. The monoisotopic (exact) mass is 228 g/mol. The molecule has 1 N–H and O–H groups in total. The number of rotatable bonds is 4. The van der Waals surface area contributed by atoms with Gasteiger partial charge < -0.3 is 5.11 Å². The van der Waals surface area contributed by atoms with Gasteiger partial charge in [0.15, 0.2) is 0 Å². The summed E-state index contributed by atoms with van der Waals surface area (Å²) in [6, 6.07) is 12.1. The molecule has 0 aliphatic heterocycles. The zero-order valence-corrected chi connectivity index (χ0v) is 9.87. The number of hydrogen-bond acceptors (Lipinski definition) is 3. The van der Waals surface area contributed by atoms with Crippen LogP contribution < -0.4 is 0 Å². The van der Waals surface area contributed by atoms with Crippen molar-refractivity contribution in [2.75, 3.05) is 6.61 Å². The molecule has 0 saturated carbocycles. The van der Waals surface area contributed by atoms with Gasteiger partial charge in [0.2, 0.25) is 0 Å². The van der Waals surface area contributed by atoms with Crippen LogP contribution in [0.15, 0.2) is 42.7 Å². The Kier molecular flexibility index (Phi) is 3.83. The van der Waals surface area contributed by atoms with Crippen molar-refractivity contribution in [2.45, 2.75) is 19.3 Å². The van der Waals surface area contributed by atoms with Crippen LogP contribution in [0.2, 0.25) is 0 Å². The van der Waals surface area contributed by atoms with Crippen LogP contribution in [0.3, 0.4) is 0 Å². The van der Waals surface area contributed by atoms with Gasteiger partial charge in [-0.25, -0.2) is 9.97 Å². The number of aromatic nitrogens is 2. The maximum atomic E-state index is 9.47. The van der Waals surface area contributed by atoms with E-state index in [1.807, 2.05) is 31.2 Å². The highest BCUT2D eigenvalue weighted by Gasteiger charge is 2.12. The fourth-order valence-electron chi connectivity index (χ4n) is 1.86. The van der Waals surface area contributed by atoms with Crippen LogP contribution in [0, 0.1) is 6.92 Å². The first-order valence-electron chi connectivity index (χ1n) is 5.73. The lowest BCUT2D eigenvalue weighted by Crippen LogP contribution is -2.10. The topological polar surface area (TPSA) is 46.0 Å². The molecular weight excluding hydrogens is 212 g/mol. The van der Waals surface area contributed by atoms with E-state index in [4.69, 9.17) is 0 Å². The molecule has 0 aliphatic carbocycles. The molecule has 1 aromatic heterocycles. The quantitative estimate of drug-likeness (QED) is 0.871. The summed E-state index contributed by atoms with van der Waals surface area (Å²) in [5.74, 6) is 0.0408. The van der Waals surface area contributed by atoms with Crippen LogP contribution in [-0.2, 0) is 6.42 Å². The van der Waals surface area contributed by atoms with Crippen LogP contribution in [0.4, 0.5) is 0 Å². The molecule has 2 aromatic rings. The summed E-state index contributed by atoms with van der Waals surface area (Å²) in [5, 5.41) is 9.47. The van der Waals surface area contributed by atoms with Crippen LogP contribution in [-0.4, -0.2) is 21.7 Å². The first-order chi connectivity index (χ1) is 8.29. The van der Waals surface area contributed by atoms with Gasteiger partial charge in [-0.2, -0.15) is 0 Å². The minimum absolute atomic E-state index is 0.0408. The number of aryl methyl sites for hydroxylation is 1. The second-order valence-corrected chi connectivity index (χ2v) is 4.15. The summed E-state index contributed by atoms with van der Waals surface area (Å²) in [4.78, 5) is 8.31. The van der Waals surface area contributed by atoms with E-state index in [1.165, 1.54) is 5.56 Å². The average molecular weight is 228 g/mol.